The van der Waals surface area contributed by atoms with Gasteiger partial charge in [-0.1, -0.05) is 36.4 Å². The van der Waals surface area contributed by atoms with E-state index in [1.54, 1.807) is 17.5 Å². The number of thiophene rings is 1. The first-order valence-electron chi connectivity index (χ1n) is 9.46. The second-order valence-corrected chi connectivity index (χ2v) is 10.0. The number of methoxy groups -OCH3 is 1. The highest BCUT2D eigenvalue weighted by atomic mass is 32.2. The van der Waals surface area contributed by atoms with Gasteiger partial charge >= 0.3 is 0 Å². The van der Waals surface area contributed by atoms with Crippen LogP contribution >= 0.6 is 11.3 Å². The normalized spacial score (nSPS) is 13.1. The number of ether oxygens (including phenoxy) is 1. The van der Waals surface area contributed by atoms with Gasteiger partial charge in [0.2, 0.25) is 15.0 Å². The summed E-state index contributed by atoms with van der Waals surface area (Å²) < 4.78 is 32.5. The largest absolute Gasteiger partial charge is 0.384 e. The third-order valence-electron chi connectivity index (χ3n) is 4.95. The van der Waals surface area contributed by atoms with Gasteiger partial charge in [-0.05, 0) is 31.0 Å². The third kappa shape index (κ3) is 5.33. The average molecular weight is 434 g/mol. The van der Waals surface area contributed by atoms with E-state index in [1.165, 1.54) is 12.0 Å². The van der Waals surface area contributed by atoms with Crippen LogP contribution in [0.25, 0.3) is 0 Å². The lowest BCUT2D eigenvalue weighted by atomic mass is 10.2. The molecule has 2 heterocycles. The Morgan fingerprint density at radius 1 is 1.21 bits per heavy atom. The van der Waals surface area contributed by atoms with Crippen molar-refractivity contribution in [1.82, 2.24) is 14.5 Å². The van der Waals surface area contributed by atoms with E-state index in [4.69, 9.17) is 4.74 Å². The number of nitrogens with zero attached hydrogens (tertiary/aromatic N) is 3. The molecule has 0 bridgehead atoms. The van der Waals surface area contributed by atoms with Crippen molar-refractivity contribution in [3.63, 3.8) is 0 Å². The average Bonchev–Trinajstić information content (AvgIpc) is 3.38. The minimum absolute atomic E-state index is 0.0871. The number of hydrogen-bond acceptors (Lipinski definition) is 6. The Kier molecular flexibility index (Phi) is 7.23. The summed E-state index contributed by atoms with van der Waals surface area (Å²) in [5, 5.41) is 2.17. The summed E-state index contributed by atoms with van der Waals surface area (Å²) in [6.07, 6.45) is 1.68. The lowest BCUT2D eigenvalue weighted by Crippen LogP contribution is -2.24. The van der Waals surface area contributed by atoms with E-state index in [2.05, 4.69) is 28.3 Å². The van der Waals surface area contributed by atoms with Crippen LogP contribution in [0.2, 0.25) is 0 Å². The minimum Gasteiger partial charge on any atom is -0.384 e. The molecule has 0 fully saturated rings. The van der Waals surface area contributed by atoms with Gasteiger partial charge in [-0.2, -0.15) is 0 Å². The minimum atomic E-state index is -3.54. The molecule has 0 spiro atoms. The molecule has 0 N–H and O–H groups in total. The summed E-state index contributed by atoms with van der Waals surface area (Å²) in [6.45, 7) is 3.35. The molecule has 2 aromatic heterocycles. The first-order chi connectivity index (χ1) is 13.9. The molecule has 0 saturated heterocycles. The van der Waals surface area contributed by atoms with E-state index in [9.17, 15) is 8.42 Å². The summed E-state index contributed by atoms with van der Waals surface area (Å²) in [6, 6.07) is 14.2. The maximum Gasteiger partial charge on any atom is 0.228 e. The number of hydrogen-bond donors (Lipinski definition) is 0. The molecule has 6 nitrogen and oxygen atoms in total. The zero-order valence-electron chi connectivity index (χ0n) is 17.0. The zero-order chi connectivity index (χ0) is 20.9. The fourth-order valence-corrected chi connectivity index (χ4v) is 5.27. The molecule has 29 heavy (non-hydrogen) atoms. The van der Waals surface area contributed by atoms with Gasteiger partial charge in [0, 0.05) is 24.6 Å². The number of aromatic nitrogens is 2. The smallest absolute Gasteiger partial charge is 0.228 e. The van der Waals surface area contributed by atoms with E-state index in [0.717, 1.165) is 11.3 Å². The molecule has 0 unspecified atom stereocenters. The predicted molar refractivity (Wildman–Crippen MR) is 116 cm³/mol. The lowest BCUT2D eigenvalue weighted by molar-refractivity contribution is 0.217. The van der Waals surface area contributed by atoms with Crippen LogP contribution in [-0.4, -0.2) is 49.4 Å². The molecule has 0 aliphatic heterocycles. The van der Waals surface area contributed by atoms with Gasteiger partial charge in [0.25, 0.3) is 0 Å². The number of rotatable bonds is 10. The molecular weight excluding hydrogens is 406 g/mol. The quantitative estimate of drug-likeness (QED) is 0.489. The summed E-state index contributed by atoms with van der Waals surface area (Å²) in [7, 11) is 0.00211. The van der Waals surface area contributed by atoms with Crippen molar-refractivity contribution in [3.8, 4) is 0 Å². The summed E-state index contributed by atoms with van der Waals surface area (Å²) >= 11 is 1.72. The molecule has 0 aliphatic carbocycles. The Hall–Kier alpha value is -2.00. The van der Waals surface area contributed by atoms with Crippen LogP contribution in [0.15, 0.2) is 59.2 Å². The Morgan fingerprint density at radius 2 is 1.97 bits per heavy atom. The summed E-state index contributed by atoms with van der Waals surface area (Å²) in [5.41, 5.74) is 1.90. The first-order valence-corrected chi connectivity index (χ1v) is 12.0. The van der Waals surface area contributed by atoms with Crippen LogP contribution in [-0.2, 0) is 27.7 Å². The molecule has 0 aliphatic rings. The number of benzene rings is 1. The van der Waals surface area contributed by atoms with Crippen molar-refractivity contribution in [2.75, 3.05) is 26.5 Å². The maximum absolute atomic E-state index is 12.8. The topological polar surface area (TPSA) is 64.4 Å². The second kappa shape index (κ2) is 9.67. The van der Waals surface area contributed by atoms with Gasteiger partial charge < -0.3 is 9.30 Å². The van der Waals surface area contributed by atoms with Gasteiger partial charge in [-0.15, -0.1) is 11.3 Å². The van der Waals surface area contributed by atoms with Gasteiger partial charge in [0.1, 0.15) is 0 Å². The molecule has 1 aromatic carbocycles. The predicted octanol–water partition coefficient (Wildman–Crippen LogP) is 3.61. The molecule has 0 amide bonds. The van der Waals surface area contributed by atoms with E-state index < -0.39 is 9.84 Å². The SMILES string of the molecule is COCCS(=O)(=O)c1ncc(CN(C)[C@@H](C)c2cccs2)n1Cc1ccccc1. The van der Waals surface area contributed by atoms with Gasteiger partial charge in [0.05, 0.1) is 30.8 Å². The van der Waals surface area contributed by atoms with Crippen LogP contribution < -0.4 is 0 Å². The fraction of sp³-hybridized carbons (Fsp3) is 0.381. The van der Waals surface area contributed by atoms with Crippen molar-refractivity contribution < 1.29 is 13.2 Å². The zero-order valence-corrected chi connectivity index (χ0v) is 18.6. The van der Waals surface area contributed by atoms with Crippen molar-refractivity contribution >= 4 is 21.2 Å². The molecule has 1 atom stereocenters. The summed E-state index contributed by atoms with van der Waals surface area (Å²) in [5.74, 6) is -0.0871. The van der Waals surface area contributed by atoms with Crippen molar-refractivity contribution in [2.45, 2.75) is 31.2 Å². The monoisotopic (exact) mass is 433 g/mol. The molecule has 156 valence electrons. The van der Waals surface area contributed by atoms with Gasteiger partial charge in [-0.25, -0.2) is 13.4 Å². The Morgan fingerprint density at radius 3 is 2.62 bits per heavy atom. The van der Waals surface area contributed by atoms with E-state index in [-0.39, 0.29) is 23.6 Å². The third-order valence-corrected chi connectivity index (χ3v) is 7.58. The molecule has 3 aromatic rings. The molecule has 8 heteroatoms. The number of imidazole rings is 1. The second-order valence-electron chi connectivity index (χ2n) is 7.02. The van der Waals surface area contributed by atoms with Crippen LogP contribution in [0, 0.1) is 0 Å². The van der Waals surface area contributed by atoms with Crippen molar-refractivity contribution in [2.24, 2.45) is 0 Å². The fourth-order valence-electron chi connectivity index (χ4n) is 3.12. The van der Waals surface area contributed by atoms with Crippen LogP contribution in [0.5, 0.6) is 0 Å². The van der Waals surface area contributed by atoms with Crippen LogP contribution in [0.4, 0.5) is 0 Å². The Labute approximate surface area is 176 Å². The highest BCUT2D eigenvalue weighted by Crippen LogP contribution is 2.26. The highest BCUT2D eigenvalue weighted by Gasteiger charge is 2.24. The van der Waals surface area contributed by atoms with Crippen LogP contribution in [0.3, 0.4) is 0 Å². The van der Waals surface area contributed by atoms with E-state index >= 15 is 0 Å². The van der Waals surface area contributed by atoms with Crippen molar-refractivity contribution in [3.05, 3.63) is 70.2 Å². The molecule has 0 saturated carbocycles. The Balaban J connectivity index is 1.91. The molecular formula is C21H27N3O3S2. The first kappa shape index (κ1) is 21.7. The standard InChI is InChI=1S/C21H27N3O3S2/c1-17(20-10-7-12-28-20)23(2)16-19-14-22-21(29(25,26)13-11-27-3)24(19)15-18-8-5-4-6-9-18/h4-10,12,14,17H,11,13,15-16H2,1-3H3/t17-/m0/s1. The van der Waals surface area contributed by atoms with Crippen LogP contribution in [0.1, 0.15) is 29.1 Å². The summed E-state index contributed by atoms with van der Waals surface area (Å²) in [4.78, 5) is 7.78. The lowest BCUT2D eigenvalue weighted by Gasteiger charge is -2.24. The van der Waals surface area contributed by atoms with E-state index in [0.29, 0.717) is 13.1 Å². The highest BCUT2D eigenvalue weighted by molar-refractivity contribution is 7.91. The van der Waals surface area contributed by atoms with Crippen molar-refractivity contribution in [1.29, 1.82) is 0 Å². The molecule has 3 rings (SSSR count). The number of sulfone groups is 1. The van der Waals surface area contributed by atoms with Gasteiger partial charge in [-0.3, -0.25) is 4.90 Å². The maximum atomic E-state index is 12.8. The van der Waals surface area contributed by atoms with Gasteiger partial charge in [0.15, 0.2) is 0 Å². The Bertz CT molecular complexity index is 999. The molecule has 0 radical (unpaired) electrons. The van der Waals surface area contributed by atoms with E-state index in [1.807, 2.05) is 48.0 Å².